The fourth-order valence-corrected chi connectivity index (χ4v) is 11.7. The highest BCUT2D eigenvalue weighted by Crippen LogP contribution is 2.63. The Morgan fingerprint density at radius 3 is 1.43 bits per heavy atom. The first-order valence-electron chi connectivity index (χ1n) is 23.3. The molecule has 2 heteroatoms. The summed E-state index contributed by atoms with van der Waals surface area (Å²) in [6.45, 7) is 0. The summed E-state index contributed by atoms with van der Waals surface area (Å²) >= 11 is 0. The number of benzene rings is 11. The molecular formula is C65H42N2. The van der Waals surface area contributed by atoms with E-state index in [1.54, 1.807) is 0 Å². The molecule has 312 valence electrons. The minimum Gasteiger partial charge on any atom is -0.310 e. The Kier molecular flexibility index (Phi) is 8.23. The Hall–Kier alpha value is -8.72. The van der Waals surface area contributed by atoms with E-state index in [1.807, 2.05) is 0 Å². The molecule has 14 rings (SSSR count). The van der Waals surface area contributed by atoms with Crippen LogP contribution in [0.4, 0.5) is 17.1 Å². The van der Waals surface area contributed by atoms with Gasteiger partial charge in [-0.25, -0.2) is 0 Å². The predicted molar refractivity (Wildman–Crippen MR) is 280 cm³/mol. The molecule has 0 saturated carbocycles. The average Bonchev–Trinajstić information content (AvgIpc) is 4.01. The number of fused-ring (bicyclic) bond motifs is 15. The van der Waals surface area contributed by atoms with Crippen molar-refractivity contribution < 1.29 is 0 Å². The van der Waals surface area contributed by atoms with Crippen LogP contribution in [0.15, 0.2) is 255 Å². The van der Waals surface area contributed by atoms with E-state index in [-0.39, 0.29) is 0 Å². The quantitative estimate of drug-likeness (QED) is 0.162. The maximum atomic E-state index is 2.47. The molecular weight excluding hydrogens is 809 g/mol. The zero-order valence-corrected chi connectivity index (χ0v) is 36.6. The summed E-state index contributed by atoms with van der Waals surface area (Å²) in [5.74, 6) is 0. The Morgan fingerprint density at radius 1 is 0.299 bits per heavy atom. The molecule has 0 fully saturated rings. The summed E-state index contributed by atoms with van der Waals surface area (Å²) in [4.78, 5) is 2.41. The lowest BCUT2D eigenvalue weighted by Crippen LogP contribution is -2.26. The van der Waals surface area contributed by atoms with Crippen LogP contribution in [0, 0.1) is 0 Å². The highest BCUT2D eigenvalue weighted by molar-refractivity contribution is 6.22. The zero-order valence-electron chi connectivity index (χ0n) is 36.6. The normalized spacial score (nSPS) is 12.9. The van der Waals surface area contributed by atoms with Crippen LogP contribution < -0.4 is 4.90 Å². The van der Waals surface area contributed by atoms with Crippen LogP contribution in [0.3, 0.4) is 0 Å². The van der Waals surface area contributed by atoms with Crippen LogP contribution in [0.2, 0.25) is 0 Å². The second kappa shape index (κ2) is 14.7. The van der Waals surface area contributed by atoms with Crippen LogP contribution in [-0.2, 0) is 5.41 Å². The van der Waals surface area contributed by atoms with Gasteiger partial charge in [0.2, 0.25) is 0 Å². The summed E-state index contributed by atoms with van der Waals surface area (Å²) in [6.07, 6.45) is 0. The van der Waals surface area contributed by atoms with Gasteiger partial charge >= 0.3 is 0 Å². The van der Waals surface area contributed by atoms with Crippen molar-refractivity contribution in [2.75, 3.05) is 4.90 Å². The van der Waals surface area contributed by atoms with Crippen LogP contribution >= 0.6 is 0 Å². The molecule has 0 radical (unpaired) electrons. The van der Waals surface area contributed by atoms with E-state index < -0.39 is 5.41 Å². The van der Waals surface area contributed by atoms with E-state index in [0.717, 1.165) is 17.1 Å². The first-order chi connectivity index (χ1) is 33.2. The van der Waals surface area contributed by atoms with Crippen LogP contribution in [0.1, 0.15) is 22.3 Å². The molecule has 1 heterocycles. The average molecular weight is 851 g/mol. The lowest BCUT2D eigenvalue weighted by Gasteiger charge is -2.32. The molecule has 0 atom stereocenters. The van der Waals surface area contributed by atoms with E-state index in [0.29, 0.717) is 0 Å². The summed E-state index contributed by atoms with van der Waals surface area (Å²) in [5, 5.41) is 5.08. The first kappa shape index (κ1) is 37.6. The molecule has 0 bridgehead atoms. The van der Waals surface area contributed by atoms with Crippen LogP contribution in [-0.4, -0.2) is 4.57 Å². The molecule has 0 N–H and O–H groups in total. The van der Waals surface area contributed by atoms with Gasteiger partial charge in [0, 0.05) is 33.5 Å². The smallest absolute Gasteiger partial charge is 0.0726 e. The fraction of sp³-hybridized carbons (Fsp3) is 0.0154. The Balaban J connectivity index is 0.841. The Labute approximate surface area is 389 Å². The highest BCUT2D eigenvalue weighted by atomic mass is 15.1. The predicted octanol–water partition coefficient (Wildman–Crippen LogP) is 17.1. The first-order valence-corrected chi connectivity index (χ1v) is 23.3. The van der Waals surface area contributed by atoms with Gasteiger partial charge in [-0.1, -0.05) is 188 Å². The van der Waals surface area contributed by atoms with Crippen LogP contribution in [0.5, 0.6) is 0 Å². The number of hydrogen-bond donors (Lipinski definition) is 0. The van der Waals surface area contributed by atoms with Gasteiger partial charge in [-0.05, 0) is 144 Å². The van der Waals surface area contributed by atoms with Crippen molar-refractivity contribution in [3.8, 4) is 50.2 Å². The summed E-state index contributed by atoms with van der Waals surface area (Å²) in [7, 11) is 0. The second-order valence-corrected chi connectivity index (χ2v) is 18.0. The Morgan fingerprint density at radius 2 is 0.776 bits per heavy atom. The number of nitrogens with zero attached hydrogens (tertiary/aromatic N) is 2. The van der Waals surface area contributed by atoms with Crippen molar-refractivity contribution in [1.29, 1.82) is 0 Å². The van der Waals surface area contributed by atoms with E-state index >= 15 is 0 Å². The second-order valence-electron chi connectivity index (χ2n) is 18.0. The van der Waals surface area contributed by atoms with Gasteiger partial charge in [-0.15, -0.1) is 0 Å². The van der Waals surface area contributed by atoms with Gasteiger partial charge in [-0.3, -0.25) is 0 Å². The highest BCUT2D eigenvalue weighted by Gasteiger charge is 2.51. The van der Waals surface area contributed by atoms with Crippen molar-refractivity contribution in [3.05, 3.63) is 277 Å². The third-order valence-corrected chi connectivity index (χ3v) is 14.6. The standard InChI is InChI=1S/C65H42N2/c1-3-16-48(17-4-1)66(51-37-38-56-55-23-11-14-26-60(55)65(61(56)42-51)58-24-12-9-21-53(58)54-22-10-13-25-59(54)65)50-35-31-44(32-36-50)43-27-29-45(30-28-43)47-34-39-62-57(41-47)64-52-20-8-7-15-46(52)33-40-63(64)67(62)49-18-5-2-6-19-49/h1-42H. The van der Waals surface area contributed by atoms with Crippen molar-refractivity contribution in [2.24, 2.45) is 0 Å². The van der Waals surface area contributed by atoms with Gasteiger partial charge in [0.05, 0.1) is 16.4 Å². The molecule has 0 saturated heterocycles. The van der Waals surface area contributed by atoms with Crippen molar-refractivity contribution >= 4 is 49.6 Å². The minimum absolute atomic E-state index is 0.408. The lowest BCUT2D eigenvalue weighted by molar-refractivity contribution is 0.793. The molecule has 12 aromatic rings. The largest absolute Gasteiger partial charge is 0.310 e. The van der Waals surface area contributed by atoms with Gasteiger partial charge in [0.25, 0.3) is 0 Å². The number of rotatable bonds is 6. The van der Waals surface area contributed by atoms with E-state index in [2.05, 4.69) is 264 Å². The molecule has 67 heavy (non-hydrogen) atoms. The maximum absolute atomic E-state index is 2.47. The third-order valence-electron chi connectivity index (χ3n) is 14.6. The maximum Gasteiger partial charge on any atom is 0.0726 e. The van der Waals surface area contributed by atoms with Crippen LogP contribution in [0.25, 0.3) is 82.8 Å². The third kappa shape index (κ3) is 5.51. The molecule has 11 aromatic carbocycles. The Bertz CT molecular complexity index is 3840. The number of anilines is 3. The van der Waals surface area contributed by atoms with Gasteiger partial charge in [0.15, 0.2) is 0 Å². The van der Waals surface area contributed by atoms with Gasteiger partial charge in [0.1, 0.15) is 0 Å². The fourth-order valence-electron chi connectivity index (χ4n) is 11.7. The van der Waals surface area contributed by atoms with Crippen molar-refractivity contribution in [2.45, 2.75) is 5.41 Å². The molecule has 0 amide bonds. The summed E-state index contributed by atoms with van der Waals surface area (Å²) in [6, 6.07) is 94.1. The lowest BCUT2D eigenvalue weighted by atomic mass is 9.70. The SMILES string of the molecule is c1ccc(N(c2ccc(-c3ccc(-c4ccc5c(c4)c4c6ccccc6ccc4n5-c4ccccc4)cc3)cc2)c2ccc3c(c2)C2(c4ccccc4-c4ccccc42)c2ccccc2-3)cc1. The van der Waals surface area contributed by atoms with E-state index in [9.17, 15) is 0 Å². The van der Waals surface area contributed by atoms with Crippen molar-refractivity contribution in [3.63, 3.8) is 0 Å². The number of hydrogen-bond acceptors (Lipinski definition) is 1. The van der Waals surface area contributed by atoms with Gasteiger partial charge in [-0.2, -0.15) is 0 Å². The molecule has 2 aliphatic carbocycles. The van der Waals surface area contributed by atoms with Gasteiger partial charge < -0.3 is 9.47 Å². The van der Waals surface area contributed by atoms with E-state index in [4.69, 9.17) is 0 Å². The number of para-hydroxylation sites is 2. The minimum atomic E-state index is -0.408. The molecule has 0 unspecified atom stereocenters. The monoisotopic (exact) mass is 850 g/mol. The molecule has 1 aromatic heterocycles. The topological polar surface area (TPSA) is 8.17 Å². The molecule has 1 spiro atoms. The zero-order chi connectivity index (χ0) is 44.1. The molecule has 0 aliphatic heterocycles. The van der Waals surface area contributed by atoms with Crippen molar-refractivity contribution in [1.82, 2.24) is 4.57 Å². The summed E-state index contributed by atoms with van der Waals surface area (Å²) < 4.78 is 2.40. The summed E-state index contributed by atoms with van der Waals surface area (Å²) in [5.41, 5.74) is 21.9. The number of aromatic nitrogens is 1. The van der Waals surface area contributed by atoms with E-state index in [1.165, 1.54) is 105 Å². The molecule has 2 nitrogen and oxygen atoms in total. The molecule has 2 aliphatic rings.